The molecule has 0 aromatic heterocycles. The van der Waals surface area contributed by atoms with E-state index in [4.69, 9.17) is 0 Å². The summed E-state index contributed by atoms with van der Waals surface area (Å²) in [6, 6.07) is 47.3. The third-order valence-electron chi connectivity index (χ3n) is 6.50. The van der Waals surface area contributed by atoms with E-state index in [-0.39, 0.29) is 36.4 Å². The first kappa shape index (κ1) is 35.6. The van der Waals surface area contributed by atoms with Crippen LogP contribution in [0.25, 0.3) is 22.3 Å². The molecule has 6 rings (SSSR count). The van der Waals surface area contributed by atoms with Crippen LogP contribution < -0.4 is 33.6 Å². The quantitative estimate of drug-likeness (QED) is 0.193. The number of aryl methyl sites for hydroxylation is 2. The van der Waals surface area contributed by atoms with E-state index >= 15 is 0 Å². The summed E-state index contributed by atoms with van der Waals surface area (Å²) in [4.78, 5) is 0. The molecule has 0 spiro atoms. The topological polar surface area (TPSA) is 0 Å². The van der Waals surface area contributed by atoms with Crippen molar-refractivity contribution in [2.45, 2.75) is 13.8 Å². The Morgan fingerprint density at radius 2 is 0.810 bits per heavy atom. The summed E-state index contributed by atoms with van der Waals surface area (Å²) in [5.74, 6) is -0.374. The Balaban J connectivity index is 0.000000215. The van der Waals surface area contributed by atoms with Gasteiger partial charge in [-0.25, -0.2) is 8.78 Å². The van der Waals surface area contributed by atoms with Gasteiger partial charge in [0.25, 0.3) is 0 Å². The summed E-state index contributed by atoms with van der Waals surface area (Å²) in [6.07, 6.45) is 0. The number of rotatable bonds is 4. The summed E-state index contributed by atoms with van der Waals surface area (Å²) in [5, 5.41) is 0. The first-order chi connectivity index (χ1) is 19.4. The fourth-order valence-electron chi connectivity index (χ4n) is 4.30. The van der Waals surface area contributed by atoms with Gasteiger partial charge in [0.15, 0.2) is 0 Å². The molecule has 6 aromatic rings. The molecule has 212 valence electrons. The van der Waals surface area contributed by atoms with E-state index in [1.807, 2.05) is 24.3 Å². The van der Waals surface area contributed by atoms with Crippen molar-refractivity contribution in [1.29, 1.82) is 0 Å². The monoisotopic (exact) mass is 734 g/mol. The van der Waals surface area contributed by atoms with Gasteiger partial charge < -0.3 is 24.8 Å². The Kier molecular flexibility index (Phi) is 15.4. The van der Waals surface area contributed by atoms with Gasteiger partial charge in [-0.05, 0) is 0 Å². The van der Waals surface area contributed by atoms with Crippen LogP contribution in [-0.2, 0) is 21.6 Å². The second-order valence-corrected chi connectivity index (χ2v) is 19.7. The van der Waals surface area contributed by atoms with Crippen molar-refractivity contribution in [2.24, 2.45) is 0 Å². The molecule has 0 aliphatic heterocycles. The van der Waals surface area contributed by atoms with Crippen LogP contribution in [-0.4, -0.2) is 9.98 Å². The Bertz CT molecular complexity index is 1500. The fraction of sp³-hybridized carbons (Fsp3) is 0.0556. The molecule has 6 aromatic carbocycles. The third kappa shape index (κ3) is 10.3. The summed E-state index contributed by atoms with van der Waals surface area (Å²) >= 11 is 1.71. The average molecular weight is 735 g/mol. The first-order valence-electron chi connectivity index (χ1n) is 13.1. The summed E-state index contributed by atoms with van der Waals surface area (Å²) in [5.41, 5.74) is 6.96. The number of hydrogen-bond donors (Lipinski definition) is 0. The summed E-state index contributed by atoms with van der Waals surface area (Å²) in [7, 11) is -1.11. The minimum atomic E-state index is -1.11. The van der Waals surface area contributed by atoms with Crippen LogP contribution in [0.4, 0.5) is 8.78 Å². The van der Waals surface area contributed by atoms with E-state index in [0.717, 1.165) is 11.1 Å². The first-order valence-corrected chi connectivity index (χ1v) is 22.6. The molecule has 0 amide bonds. The van der Waals surface area contributed by atoms with E-state index in [0.29, 0.717) is 0 Å². The Labute approximate surface area is 276 Å². The molecular formula is C36H30Cl2F2GeZr-2. The summed E-state index contributed by atoms with van der Waals surface area (Å²) < 4.78 is 28.4. The minimum absolute atomic E-state index is 0. The molecule has 0 aliphatic rings. The molecule has 6 heteroatoms. The second-order valence-electron chi connectivity index (χ2n) is 9.37. The van der Waals surface area contributed by atoms with Gasteiger partial charge in [-0.3, -0.25) is 0 Å². The van der Waals surface area contributed by atoms with E-state index in [2.05, 4.69) is 86.6 Å². The van der Waals surface area contributed by atoms with Crippen LogP contribution >= 0.6 is 0 Å². The zero-order valence-corrected chi connectivity index (χ0v) is 29.4. The van der Waals surface area contributed by atoms with Crippen molar-refractivity contribution in [2.75, 3.05) is 0 Å². The van der Waals surface area contributed by atoms with Gasteiger partial charge in [-0.1, -0.05) is 49.2 Å². The van der Waals surface area contributed by atoms with Crippen LogP contribution in [0.1, 0.15) is 11.1 Å². The predicted octanol–water partition coefficient (Wildman–Crippen LogP) is 2.39. The second kappa shape index (κ2) is 18.2. The molecule has 0 atom stereocenters. The van der Waals surface area contributed by atoms with Crippen molar-refractivity contribution in [3.05, 3.63) is 168 Å². The maximum atomic E-state index is 12.6. The van der Waals surface area contributed by atoms with E-state index in [1.54, 1.807) is 54.7 Å². The van der Waals surface area contributed by atoms with Crippen LogP contribution in [0, 0.1) is 25.5 Å². The number of benzene rings is 4. The molecule has 0 aliphatic carbocycles. The molecule has 0 N–H and O–H groups in total. The van der Waals surface area contributed by atoms with Crippen LogP contribution in [0.3, 0.4) is 0 Å². The molecule has 0 radical (unpaired) electrons. The third-order valence-corrected chi connectivity index (χ3v) is 17.7. The average Bonchev–Trinajstić information content (AvgIpc) is 3.63. The molecule has 0 bridgehead atoms. The van der Waals surface area contributed by atoms with E-state index in [1.165, 1.54) is 46.5 Å². The van der Waals surface area contributed by atoms with Gasteiger partial charge in [-0.15, -0.1) is 70.8 Å². The van der Waals surface area contributed by atoms with Crippen molar-refractivity contribution < 1.29 is 55.2 Å². The normalized spacial score (nSPS) is 9.67. The summed E-state index contributed by atoms with van der Waals surface area (Å²) in [6.45, 7) is 4.11. The zero-order chi connectivity index (χ0) is 28.3. The fourth-order valence-corrected chi connectivity index (χ4v) is 11.5. The van der Waals surface area contributed by atoms with E-state index < -0.39 is 9.98 Å². The molecular weight excluding hydrogens is 705 g/mol. The standard InChI is InChI=1S/2C12H10F.C12H10Ge.2ClH.Zr/c2*1-9-3-2-4-12(9)10-5-7-11(13)8-6-10;1-3-7-11(8-4-1)13-12-9-5-2-6-10-12;;;/h2*2-8H,1H3;1-10H;2*1H;/q2*-1;;;;+2/p-2. The van der Waals surface area contributed by atoms with E-state index in [9.17, 15) is 8.78 Å². The van der Waals surface area contributed by atoms with Crippen LogP contribution in [0.2, 0.25) is 0 Å². The molecule has 42 heavy (non-hydrogen) atoms. The molecule has 0 heterocycles. The van der Waals surface area contributed by atoms with Gasteiger partial charge in [0.1, 0.15) is 11.6 Å². The number of halogens is 4. The van der Waals surface area contributed by atoms with Crippen LogP contribution in [0.15, 0.2) is 146 Å². The maximum absolute atomic E-state index is 12.6. The Morgan fingerprint density at radius 1 is 0.476 bits per heavy atom. The molecule has 0 saturated heterocycles. The molecule has 0 saturated carbocycles. The van der Waals surface area contributed by atoms with Gasteiger partial charge in [-0.2, -0.15) is 12.1 Å². The molecule has 0 nitrogen and oxygen atoms in total. The van der Waals surface area contributed by atoms with Crippen molar-refractivity contribution >= 4 is 18.8 Å². The number of hydrogen-bond acceptors (Lipinski definition) is 0. The SMILES string of the molecule is Cc1ccc[c-]1-c1ccc(F)cc1.Cc1ccc[c-]1-c1ccc(F)cc1.[Cl-].[Cl-].[Zr+2]=[Ge]([c]1ccccc1)[c]1ccccc1. The Morgan fingerprint density at radius 3 is 1.10 bits per heavy atom. The Hall–Kier alpha value is -2.55. The van der Waals surface area contributed by atoms with Crippen molar-refractivity contribution in [3.63, 3.8) is 0 Å². The van der Waals surface area contributed by atoms with Gasteiger partial charge >= 0.3 is 101 Å². The van der Waals surface area contributed by atoms with Crippen LogP contribution in [0.5, 0.6) is 0 Å². The van der Waals surface area contributed by atoms with Crippen molar-refractivity contribution in [1.82, 2.24) is 0 Å². The molecule has 0 unspecified atom stereocenters. The van der Waals surface area contributed by atoms with Gasteiger partial charge in [0.05, 0.1) is 0 Å². The van der Waals surface area contributed by atoms with Crippen molar-refractivity contribution in [3.8, 4) is 22.3 Å². The molecule has 0 fully saturated rings. The van der Waals surface area contributed by atoms with Gasteiger partial charge in [0, 0.05) is 0 Å². The predicted molar refractivity (Wildman–Crippen MR) is 162 cm³/mol. The van der Waals surface area contributed by atoms with Gasteiger partial charge in [0.2, 0.25) is 0 Å². The zero-order valence-electron chi connectivity index (χ0n) is 23.4.